The predicted molar refractivity (Wildman–Crippen MR) is 32.5 cm³/mol. The zero-order chi connectivity index (χ0) is 4.99. The van der Waals surface area contributed by atoms with Gasteiger partial charge in [0.25, 0.3) is 0 Å². The van der Waals surface area contributed by atoms with Crippen molar-refractivity contribution >= 4 is 14.7 Å². The summed E-state index contributed by atoms with van der Waals surface area (Å²) < 4.78 is 0. The molecule has 0 aromatic rings. The average molecular weight is 146 g/mol. The van der Waals surface area contributed by atoms with Crippen LogP contribution in [0.2, 0.25) is 16.6 Å². The van der Waals surface area contributed by atoms with Gasteiger partial charge in [0, 0.05) is 0 Å². The standard InChI is InChI=1S/C5H11As/c1-4-5-6(2)3/h4H,1,5H2,2-3H3. The molecule has 0 atom stereocenters. The van der Waals surface area contributed by atoms with Crippen molar-refractivity contribution in [2.24, 2.45) is 0 Å². The second-order valence-electron chi connectivity index (χ2n) is 1.55. The summed E-state index contributed by atoms with van der Waals surface area (Å²) in [5, 5.41) is 1.28. The van der Waals surface area contributed by atoms with Crippen molar-refractivity contribution in [3.63, 3.8) is 0 Å². The number of allylic oxidation sites excluding steroid dienone is 1. The Bertz CT molecular complexity index is 39.2. The van der Waals surface area contributed by atoms with Crippen molar-refractivity contribution in [3.8, 4) is 0 Å². The van der Waals surface area contributed by atoms with Gasteiger partial charge < -0.3 is 0 Å². The molecule has 0 saturated carbocycles. The van der Waals surface area contributed by atoms with Gasteiger partial charge >= 0.3 is 43.9 Å². The zero-order valence-corrected chi connectivity index (χ0v) is 6.32. The Morgan fingerprint density at radius 2 is 2.17 bits per heavy atom. The van der Waals surface area contributed by atoms with Crippen molar-refractivity contribution in [2.75, 3.05) is 0 Å². The van der Waals surface area contributed by atoms with Crippen LogP contribution in [0.5, 0.6) is 0 Å². The van der Waals surface area contributed by atoms with Crippen LogP contribution in [-0.2, 0) is 0 Å². The normalized spacial score (nSPS) is 9.17. The van der Waals surface area contributed by atoms with Crippen molar-refractivity contribution in [1.29, 1.82) is 0 Å². The van der Waals surface area contributed by atoms with Crippen LogP contribution in [0.25, 0.3) is 0 Å². The molecule has 0 N–H and O–H groups in total. The summed E-state index contributed by atoms with van der Waals surface area (Å²) in [4.78, 5) is 0. The van der Waals surface area contributed by atoms with Crippen LogP contribution in [0, 0.1) is 0 Å². The van der Waals surface area contributed by atoms with Crippen LogP contribution in [0.1, 0.15) is 0 Å². The SMILES string of the molecule is C=CC[As](C)C. The Kier molecular flexibility index (Phi) is 3.66. The molecule has 0 nitrogen and oxygen atoms in total. The molecule has 0 aromatic heterocycles. The third-order valence-electron chi connectivity index (χ3n) is 0.494. The topological polar surface area (TPSA) is 0 Å². The molecule has 0 bridgehead atoms. The van der Waals surface area contributed by atoms with E-state index in [1.165, 1.54) is 5.21 Å². The van der Waals surface area contributed by atoms with Gasteiger partial charge in [0.15, 0.2) is 0 Å². The molecule has 0 radical (unpaired) electrons. The molecule has 6 heavy (non-hydrogen) atoms. The van der Waals surface area contributed by atoms with Gasteiger partial charge in [-0.05, 0) is 0 Å². The van der Waals surface area contributed by atoms with Crippen LogP contribution >= 0.6 is 0 Å². The Hall–Kier alpha value is 0.298. The van der Waals surface area contributed by atoms with Gasteiger partial charge in [0.05, 0.1) is 0 Å². The van der Waals surface area contributed by atoms with Crippen LogP contribution in [0.15, 0.2) is 12.7 Å². The van der Waals surface area contributed by atoms with Crippen LogP contribution in [-0.4, -0.2) is 14.7 Å². The zero-order valence-electron chi connectivity index (χ0n) is 4.44. The molecule has 0 spiro atoms. The number of rotatable bonds is 2. The number of hydrogen-bond acceptors (Lipinski definition) is 0. The Labute approximate surface area is 44.5 Å². The molecular formula is C5H11As. The van der Waals surface area contributed by atoms with E-state index in [0.29, 0.717) is 0 Å². The van der Waals surface area contributed by atoms with E-state index >= 15 is 0 Å². The third-order valence-corrected chi connectivity index (χ3v) is 2.57. The van der Waals surface area contributed by atoms with Crippen molar-refractivity contribution in [1.82, 2.24) is 0 Å². The fourth-order valence-corrected chi connectivity index (χ4v) is 1.34. The van der Waals surface area contributed by atoms with Crippen LogP contribution in [0.3, 0.4) is 0 Å². The molecular weight excluding hydrogens is 135 g/mol. The Morgan fingerprint density at radius 3 is 2.17 bits per heavy atom. The Morgan fingerprint density at radius 1 is 1.67 bits per heavy atom. The molecule has 0 aromatic carbocycles. The van der Waals surface area contributed by atoms with E-state index in [4.69, 9.17) is 0 Å². The van der Waals surface area contributed by atoms with E-state index in [0.717, 1.165) is 0 Å². The van der Waals surface area contributed by atoms with E-state index in [-0.39, 0.29) is 14.7 Å². The minimum absolute atomic E-state index is 0.342. The molecule has 36 valence electrons. The summed E-state index contributed by atoms with van der Waals surface area (Å²) in [5.74, 6) is 0. The summed E-state index contributed by atoms with van der Waals surface area (Å²) in [6.45, 7) is 3.64. The molecule has 0 aliphatic carbocycles. The summed E-state index contributed by atoms with van der Waals surface area (Å²) in [6, 6.07) is 0. The molecule has 0 aliphatic heterocycles. The molecule has 1 heteroatoms. The predicted octanol–water partition coefficient (Wildman–Crippen LogP) is 1.93. The van der Waals surface area contributed by atoms with Crippen molar-refractivity contribution in [2.45, 2.75) is 16.6 Å². The van der Waals surface area contributed by atoms with Crippen LogP contribution in [0.4, 0.5) is 0 Å². The molecule has 0 saturated heterocycles. The van der Waals surface area contributed by atoms with Crippen molar-refractivity contribution in [3.05, 3.63) is 12.7 Å². The first-order valence-electron chi connectivity index (χ1n) is 2.03. The summed E-state index contributed by atoms with van der Waals surface area (Å²) in [7, 11) is 0. The maximum absolute atomic E-state index is 3.64. The molecule has 0 unspecified atom stereocenters. The van der Waals surface area contributed by atoms with Gasteiger partial charge in [-0.15, -0.1) is 0 Å². The summed E-state index contributed by atoms with van der Waals surface area (Å²) >= 11 is -0.342. The molecule has 0 aliphatic rings. The molecule has 0 amide bonds. The van der Waals surface area contributed by atoms with Gasteiger partial charge in [0.1, 0.15) is 0 Å². The monoisotopic (exact) mass is 146 g/mol. The van der Waals surface area contributed by atoms with E-state index in [1.807, 2.05) is 6.08 Å². The van der Waals surface area contributed by atoms with Gasteiger partial charge in [-0.2, -0.15) is 0 Å². The van der Waals surface area contributed by atoms with E-state index in [1.54, 1.807) is 0 Å². The van der Waals surface area contributed by atoms with Crippen LogP contribution < -0.4 is 0 Å². The quantitative estimate of drug-likeness (QED) is 0.412. The molecule has 0 fully saturated rings. The summed E-state index contributed by atoms with van der Waals surface area (Å²) in [6.07, 6.45) is 2.01. The van der Waals surface area contributed by atoms with Crippen molar-refractivity contribution < 1.29 is 0 Å². The first kappa shape index (κ1) is 6.30. The van der Waals surface area contributed by atoms with Gasteiger partial charge in [-0.25, -0.2) is 0 Å². The van der Waals surface area contributed by atoms with Gasteiger partial charge in [0.2, 0.25) is 0 Å². The molecule has 0 heterocycles. The second kappa shape index (κ2) is 3.49. The van der Waals surface area contributed by atoms with E-state index in [9.17, 15) is 0 Å². The first-order chi connectivity index (χ1) is 2.77. The average Bonchev–Trinajstić information content (AvgIpc) is 1.35. The fourth-order valence-electron chi connectivity index (χ4n) is 0.258. The van der Waals surface area contributed by atoms with E-state index < -0.39 is 0 Å². The number of hydrogen-bond donors (Lipinski definition) is 0. The van der Waals surface area contributed by atoms with Gasteiger partial charge in [-0.3, -0.25) is 0 Å². The Balaban J connectivity index is 2.81. The third kappa shape index (κ3) is 4.30. The second-order valence-corrected chi connectivity index (χ2v) is 6.85. The maximum atomic E-state index is 3.64. The minimum atomic E-state index is -0.342. The summed E-state index contributed by atoms with van der Waals surface area (Å²) in [5.41, 5.74) is 4.66. The first-order valence-corrected chi connectivity index (χ1v) is 7.11. The molecule has 0 rings (SSSR count). The fraction of sp³-hybridized carbons (Fsp3) is 0.600. The van der Waals surface area contributed by atoms with Gasteiger partial charge in [-0.1, -0.05) is 0 Å². The van der Waals surface area contributed by atoms with E-state index in [2.05, 4.69) is 18.0 Å².